The van der Waals surface area contributed by atoms with E-state index in [4.69, 9.17) is 44.0 Å². The van der Waals surface area contributed by atoms with Gasteiger partial charge in [-0.1, -0.05) is 54.2 Å². The summed E-state index contributed by atoms with van der Waals surface area (Å²) >= 11 is 18.8. The Bertz CT molecular complexity index is 997. The SMILES string of the molecule is CCCCOc1c(Cl)cc(C(=O)N(Cc2ccco2)Cc2c(F)cccc2Cl)cc1Cl. The molecule has 0 aliphatic heterocycles. The predicted molar refractivity (Wildman–Crippen MR) is 121 cm³/mol. The first kappa shape index (κ1) is 23.5. The zero-order chi connectivity index (χ0) is 22.4. The minimum absolute atomic E-state index is 0.0605. The summed E-state index contributed by atoms with van der Waals surface area (Å²) in [4.78, 5) is 14.8. The third kappa shape index (κ3) is 5.94. The van der Waals surface area contributed by atoms with Gasteiger partial charge in [0.2, 0.25) is 0 Å². The Kier molecular flexibility index (Phi) is 8.24. The maximum atomic E-state index is 14.4. The average molecular weight is 485 g/mol. The van der Waals surface area contributed by atoms with Crippen LogP contribution in [0.2, 0.25) is 15.1 Å². The number of hydrogen-bond acceptors (Lipinski definition) is 3. The van der Waals surface area contributed by atoms with Gasteiger partial charge in [0.15, 0.2) is 5.75 Å². The summed E-state index contributed by atoms with van der Waals surface area (Å²) in [5, 5.41) is 0.690. The maximum absolute atomic E-state index is 14.4. The van der Waals surface area contributed by atoms with Crippen LogP contribution in [0.1, 0.15) is 41.4 Å². The first-order valence-corrected chi connectivity index (χ1v) is 10.9. The van der Waals surface area contributed by atoms with E-state index in [2.05, 4.69) is 0 Å². The Balaban J connectivity index is 1.90. The van der Waals surface area contributed by atoms with Crippen LogP contribution < -0.4 is 4.74 Å². The van der Waals surface area contributed by atoms with E-state index in [1.54, 1.807) is 18.2 Å². The van der Waals surface area contributed by atoms with Gasteiger partial charge in [-0.2, -0.15) is 0 Å². The summed E-state index contributed by atoms with van der Waals surface area (Å²) in [6.45, 7) is 2.57. The first-order chi connectivity index (χ1) is 14.9. The molecule has 164 valence electrons. The monoisotopic (exact) mass is 483 g/mol. The molecule has 0 aliphatic carbocycles. The quantitative estimate of drug-likeness (QED) is 0.297. The largest absolute Gasteiger partial charge is 0.490 e. The highest BCUT2D eigenvalue weighted by molar-refractivity contribution is 6.37. The molecule has 4 nitrogen and oxygen atoms in total. The molecule has 1 heterocycles. The molecule has 8 heteroatoms. The molecule has 3 rings (SSSR count). The van der Waals surface area contributed by atoms with Crippen molar-refractivity contribution in [2.45, 2.75) is 32.9 Å². The number of furan rings is 1. The van der Waals surface area contributed by atoms with Crippen molar-refractivity contribution in [3.8, 4) is 5.75 Å². The summed E-state index contributed by atoms with van der Waals surface area (Å²) in [6.07, 6.45) is 3.32. The van der Waals surface area contributed by atoms with Crippen molar-refractivity contribution in [1.29, 1.82) is 0 Å². The van der Waals surface area contributed by atoms with E-state index in [0.29, 0.717) is 18.1 Å². The van der Waals surface area contributed by atoms with Crippen LogP contribution in [0.15, 0.2) is 53.1 Å². The highest BCUT2D eigenvalue weighted by Gasteiger charge is 2.23. The van der Waals surface area contributed by atoms with Gasteiger partial charge in [-0.3, -0.25) is 4.79 Å². The molecule has 0 fully saturated rings. The Hall–Kier alpha value is -2.21. The number of nitrogens with zero attached hydrogens (tertiary/aromatic N) is 1. The number of carbonyl (C=O) groups is 1. The van der Waals surface area contributed by atoms with Gasteiger partial charge < -0.3 is 14.1 Å². The molecule has 0 saturated heterocycles. The Labute approximate surface area is 195 Å². The lowest BCUT2D eigenvalue weighted by Gasteiger charge is -2.23. The lowest BCUT2D eigenvalue weighted by atomic mass is 10.1. The minimum atomic E-state index is -0.500. The maximum Gasteiger partial charge on any atom is 0.254 e. The molecule has 0 saturated carbocycles. The second kappa shape index (κ2) is 10.9. The smallest absolute Gasteiger partial charge is 0.254 e. The van der Waals surface area contributed by atoms with Gasteiger partial charge in [-0.05, 0) is 42.8 Å². The summed E-state index contributed by atoms with van der Waals surface area (Å²) in [6, 6.07) is 10.8. The van der Waals surface area contributed by atoms with Crippen molar-refractivity contribution >= 4 is 40.7 Å². The molecule has 0 radical (unpaired) electrons. The fourth-order valence-corrected chi connectivity index (χ4v) is 3.81. The third-order valence-electron chi connectivity index (χ3n) is 4.61. The molecular formula is C23H21Cl3FNO3. The van der Waals surface area contributed by atoms with Crippen molar-refractivity contribution in [3.05, 3.63) is 86.5 Å². The van der Waals surface area contributed by atoms with Crippen molar-refractivity contribution < 1.29 is 18.3 Å². The van der Waals surface area contributed by atoms with E-state index in [9.17, 15) is 9.18 Å². The first-order valence-electron chi connectivity index (χ1n) is 9.77. The molecule has 0 spiro atoms. The summed E-state index contributed by atoms with van der Waals surface area (Å²) in [5.74, 6) is -0.0271. The van der Waals surface area contributed by atoms with Gasteiger partial charge in [-0.25, -0.2) is 4.39 Å². The number of hydrogen-bond donors (Lipinski definition) is 0. The molecule has 0 unspecified atom stereocenters. The van der Waals surface area contributed by atoms with Crippen LogP contribution in [0.25, 0.3) is 0 Å². The third-order valence-corrected chi connectivity index (χ3v) is 5.53. The van der Waals surface area contributed by atoms with Crippen LogP contribution in [-0.4, -0.2) is 17.4 Å². The molecule has 31 heavy (non-hydrogen) atoms. The van der Waals surface area contributed by atoms with Gasteiger partial charge in [0.1, 0.15) is 11.6 Å². The number of benzene rings is 2. The highest BCUT2D eigenvalue weighted by atomic mass is 35.5. The number of ether oxygens (including phenoxy) is 1. The molecule has 0 N–H and O–H groups in total. The van der Waals surface area contributed by atoms with E-state index < -0.39 is 11.7 Å². The fraction of sp³-hybridized carbons (Fsp3) is 0.261. The minimum Gasteiger partial charge on any atom is -0.490 e. The molecular weight excluding hydrogens is 464 g/mol. The van der Waals surface area contributed by atoms with E-state index in [0.717, 1.165) is 12.8 Å². The van der Waals surface area contributed by atoms with Gasteiger partial charge in [0, 0.05) is 16.1 Å². The highest BCUT2D eigenvalue weighted by Crippen LogP contribution is 2.35. The molecule has 3 aromatic rings. The summed E-state index contributed by atoms with van der Waals surface area (Å²) < 4.78 is 25.4. The van der Waals surface area contributed by atoms with Crippen LogP contribution in [0.3, 0.4) is 0 Å². The second-order valence-electron chi connectivity index (χ2n) is 6.91. The van der Waals surface area contributed by atoms with Crippen LogP contribution in [0.5, 0.6) is 5.75 Å². The lowest BCUT2D eigenvalue weighted by Crippen LogP contribution is -2.30. The zero-order valence-corrected chi connectivity index (χ0v) is 19.1. The molecule has 0 aliphatic rings. The van der Waals surface area contributed by atoms with E-state index in [1.165, 1.54) is 35.4 Å². The Morgan fingerprint density at radius 3 is 2.42 bits per heavy atom. The van der Waals surface area contributed by atoms with Crippen molar-refractivity contribution in [3.63, 3.8) is 0 Å². The van der Waals surface area contributed by atoms with E-state index in [-0.39, 0.29) is 39.3 Å². The van der Waals surface area contributed by atoms with Gasteiger partial charge >= 0.3 is 0 Å². The van der Waals surface area contributed by atoms with Crippen LogP contribution in [-0.2, 0) is 13.1 Å². The average Bonchev–Trinajstić information content (AvgIpc) is 3.24. The molecule has 2 aromatic carbocycles. The normalized spacial score (nSPS) is 10.9. The summed E-state index contributed by atoms with van der Waals surface area (Å²) in [7, 11) is 0. The fourth-order valence-electron chi connectivity index (χ4n) is 2.99. The number of carbonyl (C=O) groups excluding carboxylic acids is 1. The number of amides is 1. The van der Waals surface area contributed by atoms with Crippen LogP contribution >= 0.6 is 34.8 Å². The molecule has 1 amide bonds. The molecule has 0 bridgehead atoms. The van der Waals surface area contributed by atoms with E-state index >= 15 is 0 Å². The zero-order valence-electron chi connectivity index (χ0n) is 16.8. The van der Waals surface area contributed by atoms with Gasteiger partial charge in [-0.15, -0.1) is 0 Å². The van der Waals surface area contributed by atoms with Crippen molar-refractivity contribution in [2.24, 2.45) is 0 Å². The standard InChI is InChI=1S/C23H21Cl3FNO3/c1-2-3-9-31-22-19(25)11-15(12-20(22)26)23(29)28(13-16-6-5-10-30-16)14-17-18(24)7-4-8-21(17)27/h4-8,10-12H,2-3,9,13-14H2,1H3. The second-order valence-corrected chi connectivity index (χ2v) is 8.13. The Morgan fingerprint density at radius 2 is 1.81 bits per heavy atom. The topological polar surface area (TPSA) is 42.7 Å². The lowest BCUT2D eigenvalue weighted by molar-refractivity contribution is 0.0716. The molecule has 1 aromatic heterocycles. The predicted octanol–water partition coefficient (Wildman–Crippen LogP) is 7.40. The van der Waals surface area contributed by atoms with Gasteiger partial charge in [0.05, 0.1) is 36.0 Å². The van der Waals surface area contributed by atoms with Crippen LogP contribution in [0.4, 0.5) is 4.39 Å². The van der Waals surface area contributed by atoms with Crippen molar-refractivity contribution in [1.82, 2.24) is 4.90 Å². The van der Waals surface area contributed by atoms with E-state index in [1.807, 2.05) is 6.92 Å². The van der Waals surface area contributed by atoms with Gasteiger partial charge in [0.25, 0.3) is 5.91 Å². The van der Waals surface area contributed by atoms with Crippen molar-refractivity contribution in [2.75, 3.05) is 6.61 Å². The number of halogens is 4. The number of rotatable bonds is 9. The summed E-state index contributed by atoms with van der Waals surface area (Å²) in [5.41, 5.74) is 0.456. The number of unbranched alkanes of at least 4 members (excludes halogenated alkanes) is 1. The molecule has 0 atom stereocenters. The van der Waals surface area contributed by atoms with Crippen LogP contribution in [0, 0.1) is 5.82 Å². The Morgan fingerprint density at radius 1 is 1.06 bits per heavy atom.